The molecule has 0 fully saturated rings. The van der Waals surface area contributed by atoms with Crippen molar-refractivity contribution in [3.8, 4) is 0 Å². The zero-order valence-electron chi connectivity index (χ0n) is 64.9. The number of phosphoric acid groups is 2. The summed E-state index contributed by atoms with van der Waals surface area (Å²) in [6.07, 6.45) is 73.9. The highest BCUT2D eigenvalue weighted by molar-refractivity contribution is 7.47. The maximum absolute atomic E-state index is 13.1. The van der Waals surface area contributed by atoms with E-state index >= 15 is 0 Å². The molecule has 0 heterocycles. The second kappa shape index (κ2) is 75.3. The topological polar surface area (TPSA) is 237 Å². The quantitative estimate of drug-likeness (QED) is 0.0169. The molecule has 17 nitrogen and oxygen atoms in total. The Hall–Kier alpha value is -2.98. The van der Waals surface area contributed by atoms with Crippen molar-refractivity contribution in [1.29, 1.82) is 0 Å². The fourth-order valence-corrected chi connectivity index (χ4v) is 13.3. The van der Waals surface area contributed by atoms with Gasteiger partial charge in [0, 0.05) is 25.7 Å². The molecule has 592 valence electrons. The fourth-order valence-electron chi connectivity index (χ4n) is 11.7. The molecule has 0 radical (unpaired) electrons. The largest absolute Gasteiger partial charge is 0.472 e. The molecule has 0 aliphatic carbocycles. The number of esters is 4. The molecule has 3 N–H and O–H groups in total. The van der Waals surface area contributed by atoms with Gasteiger partial charge in [-0.2, -0.15) is 0 Å². The minimum absolute atomic E-state index is 0.0832. The van der Waals surface area contributed by atoms with Crippen molar-refractivity contribution >= 4 is 39.5 Å². The Morgan fingerprint density at radius 1 is 0.277 bits per heavy atom. The molecule has 0 aliphatic heterocycles. The Kier molecular flexibility index (Phi) is 73.0. The molecule has 101 heavy (non-hydrogen) atoms. The van der Waals surface area contributed by atoms with Crippen molar-refractivity contribution in [3.05, 3.63) is 48.6 Å². The van der Waals surface area contributed by atoms with Crippen LogP contribution in [0.4, 0.5) is 0 Å². The first-order valence-corrected chi connectivity index (χ1v) is 44.4. The highest BCUT2D eigenvalue weighted by Gasteiger charge is 2.30. The lowest BCUT2D eigenvalue weighted by Gasteiger charge is -2.21. The first-order chi connectivity index (χ1) is 49.2. The van der Waals surface area contributed by atoms with Gasteiger partial charge in [-0.15, -0.1) is 0 Å². The number of hydrogen-bond acceptors (Lipinski definition) is 15. The maximum atomic E-state index is 13.1. The average Bonchev–Trinajstić information content (AvgIpc) is 0.973. The van der Waals surface area contributed by atoms with Gasteiger partial charge in [-0.1, -0.05) is 340 Å². The van der Waals surface area contributed by atoms with E-state index in [2.05, 4.69) is 76.3 Å². The number of aliphatic hydroxyl groups excluding tert-OH is 1. The number of allylic oxidation sites excluding steroid dienone is 8. The normalized spacial score (nSPS) is 14.1. The monoisotopic (exact) mass is 1470 g/mol. The molecule has 0 aromatic rings. The van der Waals surface area contributed by atoms with Gasteiger partial charge in [0.2, 0.25) is 0 Å². The number of phosphoric ester groups is 2. The maximum Gasteiger partial charge on any atom is 0.472 e. The molecule has 0 saturated carbocycles. The van der Waals surface area contributed by atoms with E-state index in [-0.39, 0.29) is 25.7 Å². The predicted octanol–water partition coefficient (Wildman–Crippen LogP) is 24.1. The van der Waals surface area contributed by atoms with Gasteiger partial charge in [0.05, 0.1) is 26.4 Å². The van der Waals surface area contributed by atoms with Gasteiger partial charge in [0.1, 0.15) is 19.3 Å². The Bertz CT molecular complexity index is 2100. The molecule has 2 unspecified atom stereocenters. The minimum atomic E-state index is -4.97. The molecular weight excluding hydrogens is 1320 g/mol. The molecule has 0 amide bonds. The number of carbonyl (C=O) groups is 4. The molecular formula is C82H152O17P2. The highest BCUT2D eigenvalue weighted by atomic mass is 31.2. The lowest BCUT2D eigenvalue weighted by Crippen LogP contribution is -2.30. The molecule has 0 saturated heterocycles. The number of rotatable bonds is 79. The summed E-state index contributed by atoms with van der Waals surface area (Å²) in [5.41, 5.74) is 0. The molecule has 0 spiro atoms. The van der Waals surface area contributed by atoms with Gasteiger partial charge in [0.15, 0.2) is 12.2 Å². The summed E-state index contributed by atoms with van der Waals surface area (Å²) in [6, 6.07) is 0. The third-order valence-corrected chi connectivity index (χ3v) is 20.0. The van der Waals surface area contributed by atoms with E-state index in [1.807, 2.05) is 0 Å². The Labute approximate surface area is 617 Å². The second-order valence-corrected chi connectivity index (χ2v) is 31.0. The van der Waals surface area contributed by atoms with Crippen LogP contribution in [-0.2, 0) is 65.4 Å². The van der Waals surface area contributed by atoms with Crippen molar-refractivity contribution in [2.75, 3.05) is 39.6 Å². The highest BCUT2D eigenvalue weighted by Crippen LogP contribution is 2.45. The Morgan fingerprint density at radius 3 is 0.723 bits per heavy atom. The summed E-state index contributed by atoms with van der Waals surface area (Å²) in [7, 11) is -9.94. The van der Waals surface area contributed by atoms with Crippen LogP contribution in [0.2, 0.25) is 0 Å². The molecule has 0 bridgehead atoms. The third kappa shape index (κ3) is 75.1. The van der Waals surface area contributed by atoms with E-state index in [9.17, 15) is 43.2 Å². The van der Waals surface area contributed by atoms with E-state index in [1.54, 1.807) is 0 Å². The third-order valence-electron chi connectivity index (χ3n) is 18.1. The van der Waals surface area contributed by atoms with Gasteiger partial charge in [0.25, 0.3) is 0 Å². The van der Waals surface area contributed by atoms with E-state index in [0.29, 0.717) is 25.7 Å². The molecule has 5 atom stereocenters. The van der Waals surface area contributed by atoms with E-state index < -0.39 is 97.5 Å². The average molecular weight is 1470 g/mol. The molecule has 19 heteroatoms. The van der Waals surface area contributed by atoms with Crippen LogP contribution in [0.3, 0.4) is 0 Å². The van der Waals surface area contributed by atoms with Crippen LogP contribution in [-0.4, -0.2) is 96.7 Å². The van der Waals surface area contributed by atoms with Crippen molar-refractivity contribution in [2.45, 2.75) is 412 Å². The summed E-state index contributed by atoms with van der Waals surface area (Å²) < 4.78 is 68.6. The van der Waals surface area contributed by atoms with E-state index in [4.69, 9.17) is 37.0 Å². The van der Waals surface area contributed by atoms with Crippen LogP contribution in [0.15, 0.2) is 48.6 Å². The zero-order chi connectivity index (χ0) is 73.9. The SMILES string of the molecule is CCCCCC/C=C\C=C/CCCCCCCC(=O)OC[C@H](COP(=O)(O)OC[C@@H](O)COP(=O)(O)OC[C@@H](COC(=O)CCCCCCCCCCC)OC(=O)CCCCCCC/C=C\C=C/CCCCCC)OC(=O)CCCCCCCCCCCCCCCCCCCCCCCC. The van der Waals surface area contributed by atoms with Gasteiger partial charge in [-0.05, 0) is 77.0 Å². The molecule has 0 aliphatic rings. The van der Waals surface area contributed by atoms with Crippen LogP contribution < -0.4 is 0 Å². The molecule has 0 rings (SSSR count). The predicted molar refractivity (Wildman–Crippen MR) is 414 cm³/mol. The second-order valence-electron chi connectivity index (χ2n) is 28.1. The Morgan fingerprint density at radius 2 is 0.475 bits per heavy atom. The van der Waals surface area contributed by atoms with Gasteiger partial charge in [-0.3, -0.25) is 37.3 Å². The standard InChI is InChI=1S/C82H152O17P2/c1-5-9-13-17-21-25-28-31-34-35-36-37-38-39-40-43-46-49-53-57-61-65-69-82(87)99-78(73-93-80(85)67-63-59-55-51-47-44-41-32-29-26-22-18-14-10-6-2)75-97-101(90,91)95-71-76(83)70-94-100(88,89)96-74-77(72-92-79(84)66-62-58-54-50-24-20-16-12-8-4)98-81(86)68-64-60-56-52-48-45-42-33-30-27-23-19-15-11-7-3/h26-27,29-30,32-33,41-42,76-78,83H,5-25,28,31,34-40,43-75H2,1-4H3,(H,88,89)(H,90,91)/b29-26-,30-27-,41-32-,42-33-/t76-,77+,78+/m0/s1. The van der Waals surface area contributed by atoms with Crippen LogP contribution in [0.5, 0.6) is 0 Å². The van der Waals surface area contributed by atoms with Crippen molar-refractivity contribution < 1.29 is 80.2 Å². The molecule has 0 aromatic heterocycles. The van der Waals surface area contributed by atoms with Crippen LogP contribution >= 0.6 is 15.6 Å². The summed E-state index contributed by atoms with van der Waals surface area (Å²) in [5, 5.41) is 10.6. The van der Waals surface area contributed by atoms with Crippen LogP contribution in [0.1, 0.15) is 394 Å². The first kappa shape index (κ1) is 98.0. The number of hydrogen-bond donors (Lipinski definition) is 3. The van der Waals surface area contributed by atoms with E-state index in [1.165, 1.54) is 193 Å². The number of unbranched alkanes of at least 4 members (excludes halogenated alkanes) is 47. The minimum Gasteiger partial charge on any atom is -0.462 e. The summed E-state index contributed by atoms with van der Waals surface area (Å²) in [5.74, 6) is -2.17. The van der Waals surface area contributed by atoms with E-state index in [0.717, 1.165) is 122 Å². The Balaban J connectivity index is 5.25. The van der Waals surface area contributed by atoms with Crippen molar-refractivity contribution in [1.82, 2.24) is 0 Å². The first-order valence-electron chi connectivity index (χ1n) is 41.4. The van der Waals surface area contributed by atoms with Crippen molar-refractivity contribution in [2.24, 2.45) is 0 Å². The summed E-state index contributed by atoms with van der Waals surface area (Å²) in [4.78, 5) is 72.9. The smallest absolute Gasteiger partial charge is 0.462 e. The van der Waals surface area contributed by atoms with Gasteiger partial charge >= 0.3 is 39.5 Å². The fraction of sp³-hybridized carbons (Fsp3) is 0.854. The summed E-state index contributed by atoms with van der Waals surface area (Å²) in [6.45, 7) is 4.87. The lowest BCUT2D eigenvalue weighted by molar-refractivity contribution is -0.161. The van der Waals surface area contributed by atoms with Gasteiger partial charge in [-0.25, -0.2) is 9.13 Å². The number of carbonyl (C=O) groups excluding carboxylic acids is 4. The number of aliphatic hydroxyl groups is 1. The summed E-state index contributed by atoms with van der Waals surface area (Å²) >= 11 is 0. The molecule has 0 aromatic carbocycles. The van der Waals surface area contributed by atoms with Crippen molar-refractivity contribution in [3.63, 3.8) is 0 Å². The zero-order valence-corrected chi connectivity index (χ0v) is 66.6. The lowest BCUT2D eigenvalue weighted by atomic mass is 10.0. The van der Waals surface area contributed by atoms with Crippen LogP contribution in [0.25, 0.3) is 0 Å². The number of ether oxygens (including phenoxy) is 4. The van der Waals surface area contributed by atoms with Crippen LogP contribution in [0, 0.1) is 0 Å². The van der Waals surface area contributed by atoms with Gasteiger partial charge < -0.3 is 33.8 Å².